The van der Waals surface area contributed by atoms with Crippen LogP contribution >= 0.6 is 11.8 Å². The van der Waals surface area contributed by atoms with Crippen molar-refractivity contribution in [2.24, 2.45) is 5.92 Å². The van der Waals surface area contributed by atoms with Crippen LogP contribution in [0.15, 0.2) is 0 Å². The Labute approximate surface area is 161 Å². The van der Waals surface area contributed by atoms with Crippen molar-refractivity contribution < 1.29 is 14.3 Å². The highest BCUT2D eigenvalue weighted by atomic mass is 32.2. The number of morpholine rings is 1. The molecule has 150 valence electrons. The van der Waals surface area contributed by atoms with Crippen LogP contribution < -0.4 is 10.6 Å². The summed E-state index contributed by atoms with van der Waals surface area (Å²) in [5.74, 6) is 2.41. The molecule has 0 aromatic rings. The Morgan fingerprint density at radius 1 is 1.27 bits per heavy atom. The van der Waals surface area contributed by atoms with Gasteiger partial charge in [0.05, 0.1) is 13.2 Å². The van der Waals surface area contributed by atoms with E-state index in [1.165, 1.54) is 4.90 Å². The average Bonchev–Trinajstić information content (AvgIpc) is 3.09. The van der Waals surface area contributed by atoms with E-state index in [0.29, 0.717) is 18.9 Å². The summed E-state index contributed by atoms with van der Waals surface area (Å²) in [6, 6.07) is -0.738. The summed E-state index contributed by atoms with van der Waals surface area (Å²) in [4.78, 5) is 28.8. The zero-order valence-electron chi connectivity index (χ0n) is 16.5. The van der Waals surface area contributed by atoms with Gasteiger partial charge < -0.3 is 20.3 Å². The predicted molar refractivity (Wildman–Crippen MR) is 106 cm³/mol. The normalized spacial score (nSPS) is 25.1. The number of hydrogen-bond acceptors (Lipinski definition) is 5. The van der Waals surface area contributed by atoms with Crippen molar-refractivity contribution in [2.45, 2.75) is 38.3 Å². The number of carbonyl (C=O) groups is 2. The van der Waals surface area contributed by atoms with Crippen molar-refractivity contribution in [3.8, 4) is 0 Å². The quantitative estimate of drug-likeness (QED) is 0.683. The molecule has 0 spiro atoms. The minimum Gasteiger partial charge on any atom is -0.379 e. The van der Waals surface area contributed by atoms with Gasteiger partial charge in [-0.25, -0.2) is 4.79 Å². The van der Waals surface area contributed by atoms with Crippen LogP contribution in [0.4, 0.5) is 4.79 Å². The molecule has 0 saturated carbocycles. The Morgan fingerprint density at radius 2 is 1.96 bits per heavy atom. The van der Waals surface area contributed by atoms with E-state index in [0.717, 1.165) is 44.2 Å². The van der Waals surface area contributed by atoms with Crippen LogP contribution in [0.2, 0.25) is 0 Å². The Hall–Kier alpha value is -0.990. The lowest BCUT2D eigenvalue weighted by molar-refractivity contribution is -0.131. The Morgan fingerprint density at radius 3 is 2.50 bits per heavy atom. The molecule has 2 aliphatic rings. The van der Waals surface area contributed by atoms with Crippen LogP contribution in [-0.4, -0.2) is 91.8 Å². The smallest absolute Gasteiger partial charge is 0.315 e. The molecule has 0 aromatic heterocycles. The van der Waals surface area contributed by atoms with E-state index in [1.54, 1.807) is 14.1 Å². The molecule has 2 aliphatic heterocycles. The molecule has 2 saturated heterocycles. The fourth-order valence-electron chi connectivity index (χ4n) is 3.59. The number of likely N-dealkylation sites (N-methyl/N-ethyl adjacent to an activating group) is 1. The summed E-state index contributed by atoms with van der Waals surface area (Å²) in [7, 11) is 3.44. The van der Waals surface area contributed by atoms with Crippen LogP contribution in [0, 0.1) is 5.92 Å². The average molecular weight is 387 g/mol. The third-order valence-electron chi connectivity index (χ3n) is 5.09. The topological polar surface area (TPSA) is 73.9 Å². The van der Waals surface area contributed by atoms with Gasteiger partial charge in [-0.2, -0.15) is 11.8 Å². The Balaban J connectivity index is 1.93. The monoisotopic (exact) mass is 386 g/mol. The van der Waals surface area contributed by atoms with Gasteiger partial charge in [0, 0.05) is 45.0 Å². The zero-order valence-corrected chi connectivity index (χ0v) is 17.4. The van der Waals surface area contributed by atoms with Crippen molar-refractivity contribution in [2.75, 3.05) is 58.4 Å². The van der Waals surface area contributed by atoms with Crippen LogP contribution in [-0.2, 0) is 9.53 Å². The van der Waals surface area contributed by atoms with Gasteiger partial charge in [0.15, 0.2) is 0 Å². The van der Waals surface area contributed by atoms with Crippen LogP contribution in [0.1, 0.15) is 26.7 Å². The van der Waals surface area contributed by atoms with Gasteiger partial charge in [-0.1, -0.05) is 13.8 Å². The SMILES string of the molecule is CC(C)C[C@@H](NC(=O)NC[C@@]1(N2CCOCC2)CCSC1)C(=O)N(C)C. The molecule has 0 unspecified atom stereocenters. The Kier molecular flexibility index (Phi) is 8.04. The Bertz CT molecular complexity index is 475. The summed E-state index contributed by atoms with van der Waals surface area (Å²) in [6.07, 6.45) is 1.71. The largest absolute Gasteiger partial charge is 0.379 e. The first-order valence-electron chi connectivity index (χ1n) is 9.50. The minimum atomic E-state index is -0.484. The van der Waals surface area contributed by atoms with Gasteiger partial charge in [0.25, 0.3) is 0 Å². The molecule has 0 radical (unpaired) electrons. The predicted octanol–water partition coefficient (Wildman–Crippen LogP) is 0.996. The first-order valence-corrected chi connectivity index (χ1v) is 10.7. The number of ether oxygens (including phenoxy) is 1. The van der Waals surface area contributed by atoms with Gasteiger partial charge >= 0.3 is 6.03 Å². The fraction of sp³-hybridized carbons (Fsp3) is 0.889. The summed E-state index contributed by atoms with van der Waals surface area (Å²) < 4.78 is 5.48. The molecule has 26 heavy (non-hydrogen) atoms. The highest BCUT2D eigenvalue weighted by Crippen LogP contribution is 2.33. The standard InChI is InChI=1S/C18H34N4O3S/c1-14(2)11-15(16(23)21(3)4)20-17(24)19-12-18(5-10-26-13-18)22-6-8-25-9-7-22/h14-15H,5-13H2,1-4H3,(H2,19,20,24)/t15-,18+/m1/s1. The lowest BCUT2D eigenvalue weighted by Crippen LogP contribution is -2.60. The molecule has 0 bridgehead atoms. The highest BCUT2D eigenvalue weighted by molar-refractivity contribution is 7.99. The molecule has 8 heteroatoms. The molecule has 0 aliphatic carbocycles. The molecule has 3 amide bonds. The van der Waals surface area contributed by atoms with Gasteiger partial charge in [-0.05, 0) is 24.5 Å². The lowest BCUT2D eigenvalue weighted by atomic mass is 9.95. The van der Waals surface area contributed by atoms with E-state index in [2.05, 4.69) is 29.4 Å². The van der Waals surface area contributed by atoms with Crippen molar-refractivity contribution in [3.63, 3.8) is 0 Å². The van der Waals surface area contributed by atoms with Crippen LogP contribution in [0.5, 0.6) is 0 Å². The van der Waals surface area contributed by atoms with E-state index in [1.807, 2.05) is 11.8 Å². The molecule has 2 atom stereocenters. The molecule has 2 rings (SSSR count). The van der Waals surface area contributed by atoms with Crippen molar-refractivity contribution >= 4 is 23.7 Å². The van der Waals surface area contributed by atoms with Gasteiger partial charge in [0.2, 0.25) is 5.91 Å². The number of hydrogen-bond donors (Lipinski definition) is 2. The molecular weight excluding hydrogens is 352 g/mol. The number of nitrogens with one attached hydrogen (secondary N) is 2. The second kappa shape index (κ2) is 9.80. The molecular formula is C18H34N4O3S. The van der Waals surface area contributed by atoms with Crippen LogP contribution in [0.25, 0.3) is 0 Å². The first kappa shape index (κ1) is 21.3. The molecule has 2 heterocycles. The number of nitrogens with zero attached hydrogens (tertiary/aromatic N) is 2. The van der Waals surface area contributed by atoms with Gasteiger partial charge in [0.1, 0.15) is 6.04 Å². The van der Waals surface area contributed by atoms with Crippen molar-refractivity contribution in [1.82, 2.24) is 20.4 Å². The van der Waals surface area contributed by atoms with E-state index in [4.69, 9.17) is 4.74 Å². The molecule has 7 nitrogen and oxygen atoms in total. The second-order valence-electron chi connectivity index (χ2n) is 7.87. The summed E-state index contributed by atoms with van der Waals surface area (Å²) >= 11 is 1.94. The molecule has 2 N–H and O–H groups in total. The van der Waals surface area contributed by atoms with Crippen molar-refractivity contribution in [3.05, 3.63) is 0 Å². The summed E-state index contributed by atoms with van der Waals surface area (Å²) in [5.41, 5.74) is 0.00485. The van der Waals surface area contributed by atoms with E-state index >= 15 is 0 Å². The number of urea groups is 1. The fourth-order valence-corrected chi connectivity index (χ4v) is 5.07. The van der Waals surface area contributed by atoms with Gasteiger partial charge in [-0.15, -0.1) is 0 Å². The number of carbonyl (C=O) groups excluding carboxylic acids is 2. The maximum absolute atomic E-state index is 12.5. The highest BCUT2D eigenvalue weighted by Gasteiger charge is 2.41. The van der Waals surface area contributed by atoms with E-state index in [-0.39, 0.29) is 17.5 Å². The van der Waals surface area contributed by atoms with Gasteiger partial charge in [-0.3, -0.25) is 9.69 Å². The lowest BCUT2D eigenvalue weighted by Gasteiger charge is -2.43. The number of rotatable bonds is 7. The third kappa shape index (κ3) is 5.76. The minimum absolute atomic E-state index is 0.00485. The zero-order chi connectivity index (χ0) is 19.2. The summed E-state index contributed by atoms with van der Waals surface area (Å²) in [6.45, 7) is 8.06. The van der Waals surface area contributed by atoms with Crippen LogP contribution in [0.3, 0.4) is 0 Å². The number of thioether (sulfide) groups is 1. The maximum Gasteiger partial charge on any atom is 0.315 e. The van der Waals surface area contributed by atoms with Crippen molar-refractivity contribution in [1.29, 1.82) is 0 Å². The van der Waals surface area contributed by atoms with E-state index < -0.39 is 6.04 Å². The number of amides is 3. The second-order valence-corrected chi connectivity index (χ2v) is 8.97. The molecule has 2 fully saturated rings. The summed E-state index contributed by atoms with van der Waals surface area (Å²) in [5, 5.41) is 5.93. The maximum atomic E-state index is 12.5. The third-order valence-corrected chi connectivity index (χ3v) is 6.33. The first-order chi connectivity index (χ1) is 12.3. The molecule has 0 aromatic carbocycles. The van der Waals surface area contributed by atoms with E-state index in [9.17, 15) is 9.59 Å².